The number of hydrogen-bond donors (Lipinski definition) is 0. The lowest BCUT2D eigenvalue weighted by molar-refractivity contribution is 0.0318. The third kappa shape index (κ3) is 2.74. The van der Waals surface area contributed by atoms with Crippen LogP contribution in [0.2, 0.25) is 0 Å². The lowest BCUT2D eigenvalue weighted by Crippen LogP contribution is -2.14. The highest BCUT2D eigenvalue weighted by Gasteiger charge is 2.25. The summed E-state index contributed by atoms with van der Waals surface area (Å²) in [6.07, 6.45) is 2.22. The molecule has 3 rings (SSSR count). The van der Waals surface area contributed by atoms with Crippen LogP contribution in [0.15, 0.2) is 60.2 Å². The van der Waals surface area contributed by atoms with Crippen LogP contribution in [0.4, 0.5) is 0 Å². The summed E-state index contributed by atoms with van der Waals surface area (Å²) in [6.45, 7) is 8.21. The molecular formula is C20H22O2. The van der Waals surface area contributed by atoms with E-state index in [4.69, 9.17) is 9.47 Å². The average Bonchev–Trinajstić information content (AvgIpc) is 2.46. The van der Waals surface area contributed by atoms with E-state index in [1.54, 1.807) is 0 Å². The first-order valence-electron chi connectivity index (χ1n) is 7.81. The molecule has 0 radical (unpaired) electrons. The Balaban J connectivity index is 2.20. The molecule has 0 saturated heterocycles. The van der Waals surface area contributed by atoms with Gasteiger partial charge in [-0.1, -0.05) is 49.4 Å². The van der Waals surface area contributed by atoms with Crippen molar-refractivity contribution in [2.45, 2.75) is 33.8 Å². The van der Waals surface area contributed by atoms with Crippen LogP contribution in [0, 0.1) is 5.92 Å². The molecule has 2 aromatic carbocycles. The summed E-state index contributed by atoms with van der Waals surface area (Å²) in [7, 11) is 0. The van der Waals surface area contributed by atoms with Crippen LogP contribution in [-0.4, -0.2) is 6.10 Å². The third-order valence-corrected chi connectivity index (χ3v) is 3.84. The van der Waals surface area contributed by atoms with Gasteiger partial charge in [-0.15, -0.1) is 0 Å². The van der Waals surface area contributed by atoms with Crippen LogP contribution in [0.25, 0.3) is 16.3 Å². The van der Waals surface area contributed by atoms with Crippen molar-refractivity contribution in [3.8, 4) is 0 Å². The van der Waals surface area contributed by atoms with E-state index in [-0.39, 0.29) is 12.0 Å². The molecule has 1 atom stereocenters. The Morgan fingerprint density at radius 3 is 2.55 bits per heavy atom. The van der Waals surface area contributed by atoms with Gasteiger partial charge in [-0.05, 0) is 43.2 Å². The van der Waals surface area contributed by atoms with Gasteiger partial charge in [0.2, 0.25) is 0 Å². The van der Waals surface area contributed by atoms with E-state index in [1.165, 1.54) is 16.3 Å². The van der Waals surface area contributed by atoms with Gasteiger partial charge in [0.1, 0.15) is 5.76 Å². The zero-order valence-corrected chi connectivity index (χ0v) is 13.6. The first-order valence-corrected chi connectivity index (χ1v) is 7.81. The molecule has 0 fully saturated rings. The molecule has 0 aromatic heterocycles. The van der Waals surface area contributed by atoms with Crippen molar-refractivity contribution in [3.63, 3.8) is 0 Å². The van der Waals surface area contributed by atoms with E-state index in [9.17, 15) is 0 Å². The number of rotatable bonds is 3. The number of ether oxygens (including phenoxy) is 2. The molecule has 0 saturated carbocycles. The molecule has 1 aliphatic heterocycles. The molecule has 2 aromatic rings. The Kier molecular flexibility index (Phi) is 3.93. The molecule has 22 heavy (non-hydrogen) atoms. The Bertz CT molecular complexity index is 748. The minimum absolute atomic E-state index is 0.0816. The highest BCUT2D eigenvalue weighted by atomic mass is 16.7. The highest BCUT2D eigenvalue weighted by molar-refractivity contribution is 5.94. The van der Waals surface area contributed by atoms with Crippen molar-refractivity contribution in [1.29, 1.82) is 0 Å². The van der Waals surface area contributed by atoms with E-state index >= 15 is 0 Å². The van der Waals surface area contributed by atoms with Gasteiger partial charge in [-0.3, -0.25) is 0 Å². The lowest BCUT2D eigenvalue weighted by atomic mass is 9.89. The average molecular weight is 294 g/mol. The summed E-state index contributed by atoms with van der Waals surface area (Å²) in [5.41, 5.74) is 2.31. The first-order chi connectivity index (χ1) is 10.6. The van der Waals surface area contributed by atoms with Crippen LogP contribution in [0.5, 0.6) is 0 Å². The first kappa shape index (κ1) is 14.7. The fourth-order valence-electron chi connectivity index (χ4n) is 2.97. The predicted molar refractivity (Wildman–Crippen MR) is 91.1 cm³/mol. The van der Waals surface area contributed by atoms with E-state index in [0.29, 0.717) is 5.95 Å². The fraction of sp³-hybridized carbons (Fsp3) is 0.300. The molecule has 1 heterocycles. The zero-order valence-electron chi connectivity index (χ0n) is 13.6. The monoisotopic (exact) mass is 294 g/mol. The molecular weight excluding hydrogens is 272 g/mol. The normalized spacial score (nSPS) is 18.4. The molecule has 114 valence electrons. The number of fused-ring (bicyclic) bond motifs is 1. The molecule has 0 N–H and O–H groups in total. The molecule has 1 aliphatic rings. The highest BCUT2D eigenvalue weighted by Crippen LogP contribution is 2.38. The number of allylic oxidation sites excluding steroid dienone is 3. The van der Waals surface area contributed by atoms with Crippen LogP contribution in [0.3, 0.4) is 0 Å². The Morgan fingerprint density at radius 1 is 1.05 bits per heavy atom. The van der Waals surface area contributed by atoms with Gasteiger partial charge in [-0.25, -0.2) is 0 Å². The van der Waals surface area contributed by atoms with Crippen molar-refractivity contribution < 1.29 is 9.47 Å². The lowest BCUT2D eigenvalue weighted by Gasteiger charge is -2.26. The smallest absolute Gasteiger partial charge is 0.289 e. The summed E-state index contributed by atoms with van der Waals surface area (Å²) in [5.74, 6) is 1.79. The summed E-state index contributed by atoms with van der Waals surface area (Å²) in [4.78, 5) is 0. The quantitative estimate of drug-likeness (QED) is 0.743. The standard InChI is InChI=1S/C20H22O2/c1-13(2)21-20-19(14(3)12-15(4)22-20)18-11-7-9-16-8-5-6-10-17(16)18/h5-14H,1-4H3. The maximum Gasteiger partial charge on any atom is 0.289 e. The number of hydrogen-bond acceptors (Lipinski definition) is 2. The largest absolute Gasteiger partial charge is 0.462 e. The Labute approximate surface area is 132 Å². The molecule has 1 unspecified atom stereocenters. The Morgan fingerprint density at radius 2 is 1.77 bits per heavy atom. The van der Waals surface area contributed by atoms with Crippen LogP contribution < -0.4 is 0 Å². The van der Waals surface area contributed by atoms with Crippen molar-refractivity contribution in [1.82, 2.24) is 0 Å². The minimum atomic E-state index is 0.0816. The van der Waals surface area contributed by atoms with Crippen LogP contribution in [0.1, 0.15) is 33.3 Å². The van der Waals surface area contributed by atoms with E-state index in [0.717, 1.165) is 11.3 Å². The predicted octanol–water partition coefficient (Wildman–Crippen LogP) is 5.50. The zero-order chi connectivity index (χ0) is 15.7. The second-order valence-electron chi connectivity index (χ2n) is 6.06. The van der Waals surface area contributed by atoms with Gasteiger partial charge in [-0.2, -0.15) is 0 Å². The molecule has 2 heteroatoms. The number of benzene rings is 2. The molecule has 0 amide bonds. The van der Waals surface area contributed by atoms with Gasteiger partial charge in [0.15, 0.2) is 0 Å². The fourth-order valence-corrected chi connectivity index (χ4v) is 2.97. The molecule has 0 aliphatic carbocycles. The van der Waals surface area contributed by atoms with E-state index < -0.39 is 0 Å². The SMILES string of the molecule is CC1=CC(C)C(c2cccc3ccccc23)=C(OC(C)C)O1. The summed E-state index contributed by atoms with van der Waals surface area (Å²) >= 11 is 0. The summed E-state index contributed by atoms with van der Waals surface area (Å²) in [5, 5.41) is 2.46. The third-order valence-electron chi connectivity index (χ3n) is 3.84. The van der Waals surface area contributed by atoms with Crippen molar-refractivity contribution >= 4 is 16.3 Å². The van der Waals surface area contributed by atoms with Crippen LogP contribution >= 0.6 is 0 Å². The maximum absolute atomic E-state index is 5.96. The minimum Gasteiger partial charge on any atom is -0.462 e. The van der Waals surface area contributed by atoms with Gasteiger partial charge in [0.05, 0.1) is 6.10 Å². The molecule has 0 bridgehead atoms. The van der Waals surface area contributed by atoms with Crippen LogP contribution in [-0.2, 0) is 9.47 Å². The second kappa shape index (κ2) is 5.88. The Hall–Kier alpha value is -2.22. The molecule has 2 nitrogen and oxygen atoms in total. The van der Waals surface area contributed by atoms with Crippen molar-refractivity contribution in [2.75, 3.05) is 0 Å². The van der Waals surface area contributed by atoms with Crippen molar-refractivity contribution in [3.05, 3.63) is 65.8 Å². The summed E-state index contributed by atoms with van der Waals surface area (Å²) in [6, 6.07) is 14.8. The van der Waals surface area contributed by atoms with Gasteiger partial charge < -0.3 is 9.47 Å². The topological polar surface area (TPSA) is 18.5 Å². The molecule has 0 spiro atoms. The van der Waals surface area contributed by atoms with Crippen molar-refractivity contribution in [2.24, 2.45) is 5.92 Å². The maximum atomic E-state index is 5.96. The van der Waals surface area contributed by atoms with Gasteiger partial charge >= 0.3 is 0 Å². The van der Waals surface area contributed by atoms with E-state index in [1.807, 2.05) is 20.8 Å². The van der Waals surface area contributed by atoms with E-state index in [2.05, 4.69) is 55.5 Å². The van der Waals surface area contributed by atoms with Gasteiger partial charge in [0.25, 0.3) is 5.95 Å². The van der Waals surface area contributed by atoms with Gasteiger partial charge in [0, 0.05) is 11.5 Å². The second-order valence-corrected chi connectivity index (χ2v) is 6.06. The summed E-state index contributed by atoms with van der Waals surface area (Å²) < 4.78 is 11.9.